The Balaban J connectivity index is 1.58. The van der Waals surface area contributed by atoms with Crippen molar-refractivity contribution in [1.29, 1.82) is 0 Å². The number of aliphatic hydroxyl groups excluding tert-OH is 1. The van der Waals surface area contributed by atoms with Crippen molar-refractivity contribution in [3.63, 3.8) is 0 Å². The fraction of sp³-hybridized carbons (Fsp3) is 0.400. The molecule has 1 unspecified atom stereocenters. The third kappa shape index (κ3) is 3.83. The maximum Gasteiger partial charge on any atom is 0.123 e. The van der Waals surface area contributed by atoms with Crippen molar-refractivity contribution in [3.05, 3.63) is 71.0 Å². The first-order valence-corrected chi connectivity index (χ1v) is 8.42. The number of hydrogen-bond donors (Lipinski definition) is 2. The van der Waals surface area contributed by atoms with Gasteiger partial charge in [0.15, 0.2) is 0 Å². The van der Waals surface area contributed by atoms with Crippen LogP contribution in [0.15, 0.2) is 48.5 Å². The summed E-state index contributed by atoms with van der Waals surface area (Å²) < 4.78 is 13.1. The Bertz CT molecular complexity index is 661. The molecule has 1 atom stereocenters. The predicted octanol–water partition coefficient (Wildman–Crippen LogP) is 3.15. The quantitative estimate of drug-likeness (QED) is 0.906. The normalized spacial score (nSPS) is 19.2. The van der Waals surface area contributed by atoms with Crippen LogP contribution in [0.25, 0.3) is 0 Å². The molecule has 0 bridgehead atoms. The molecule has 0 radical (unpaired) electrons. The summed E-state index contributed by atoms with van der Waals surface area (Å²) in [6.45, 7) is 3.99. The standard InChI is InChI=1S/C20H24FNO2/c1-15-2-4-16(5-3-15)19(23)14-22-12-10-20(24,11-13-22)17-6-8-18(21)9-7-17/h2-9,19,23-24H,10-14H2,1H3. The van der Waals surface area contributed by atoms with Crippen molar-refractivity contribution >= 4 is 0 Å². The van der Waals surface area contributed by atoms with Gasteiger partial charge in [0.25, 0.3) is 0 Å². The number of piperidine rings is 1. The SMILES string of the molecule is Cc1ccc(C(O)CN2CCC(O)(c3ccc(F)cc3)CC2)cc1. The Labute approximate surface area is 142 Å². The maximum absolute atomic E-state index is 13.1. The summed E-state index contributed by atoms with van der Waals surface area (Å²) in [7, 11) is 0. The number of rotatable bonds is 4. The van der Waals surface area contributed by atoms with E-state index in [1.807, 2.05) is 31.2 Å². The molecule has 1 heterocycles. The molecule has 0 aliphatic carbocycles. The summed E-state index contributed by atoms with van der Waals surface area (Å²) in [5, 5.41) is 21.2. The number of aliphatic hydroxyl groups is 2. The number of likely N-dealkylation sites (tertiary alicyclic amines) is 1. The molecule has 0 amide bonds. The lowest BCUT2D eigenvalue weighted by Crippen LogP contribution is -2.43. The van der Waals surface area contributed by atoms with E-state index in [9.17, 15) is 14.6 Å². The van der Waals surface area contributed by atoms with E-state index in [1.165, 1.54) is 17.7 Å². The molecule has 1 aliphatic rings. The van der Waals surface area contributed by atoms with Gasteiger partial charge in [-0.15, -0.1) is 0 Å². The molecule has 2 aromatic rings. The highest BCUT2D eigenvalue weighted by atomic mass is 19.1. The van der Waals surface area contributed by atoms with Gasteiger partial charge in [-0.1, -0.05) is 42.0 Å². The first-order valence-electron chi connectivity index (χ1n) is 8.42. The van der Waals surface area contributed by atoms with Crippen LogP contribution in [0.4, 0.5) is 4.39 Å². The Morgan fingerprint density at radius 1 is 1.04 bits per heavy atom. The molecular weight excluding hydrogens is 305 g/mol. The Kier molecular flexibility index (Phi) is 4.99. The number of aryl methyl sites for hydroxylation is 1. The van der Waals surface area contributed by atoms with Gasteiger partial charge in [-0.05, 0) is 43.0 Å². The molecule has 2 aromatic carbocycles. The van der Waals surface area contributed by atoms with Crippen LogP contribution in [0.1, 0.15) is 35.6 Å². The predicted molar refractivity (Wildman–Crippen MR) is 92.1 cm³/mol. The van der Waals surface area contributed by atoms with Crippen LogP contribution in [-0.2, 0) is 5.60 Å². The van der Waals surface area contributed by atoms with E-state index in [0.29, 0.717) is 32.5 Å². The van der Waals surface area contributed by atoms with Gasteiger partial charge in [-0.2, -0.15) is 0 Å². The summed E-state index contributed by atoms with van der Waals surface area (Å²) in [4.78, 5) is 2.17. The number of nitrogens with zero attached hydrogens (tertiary/aromatic N) is 1. The van der Waals surface area contributed by atoms with Gasteiger partial charge >= 0.3 is 0 Å². The van der Waals surface area contributed by atoms with Crippen LogP contribution in [0, 0.1) is 12.7 Å². The van der Waals surface area contributed by atoms with Gasteiger partial charge < -0.3 is 15.1 Å². The number of hydrogen-bond acceptors (Lipinski definition) is 3. The van der Waals surface area contributed by atoms with Crippen molar-refractivity contribution in [2.24, 2.45) is 0 Å². The molecule has 128 valence electrons. The summed E-state index contributed by atoms with van der Waals surface area (Å²) in [5.74, 6) is -0.291. The van der Waals surface area contributed by atoms with Gasteiger partial charge in [0.05, 0.1) is 11.7 Å². The lowest BCUT2D eigenvalue weighted by Gasteiger charge is -2.39. The molecule has 0 aromatic heterocycles. The summed E-state index contributed by atoms with van der Waals surface area (Å²) in [5.41, 5.74) is 1.95. The minimum atomic E-state index is -0.904. The van der Waals surface area contributed by atoms with E-state index in [4.69, 9.17) is 0 Å². The van der Waals surface area contributed by atoms with Gasteiger partial charge in [0, 0.05) is 19.6 Å². The lowest BCUT2D eigenvalue weighted by atomic mass is 9.84. The van der Waals surface area contributed by atoms with Crippen LogP contribution in [-0.4, -0.2) is 34.7 Å². The third-order valence-corrected chi connectivity index (χ3v) is 4.96. The van der Waals surface area contributed by atoms with E-state index < -0.39 is 11.7 Å². The fourth-order valence-electron chi connectivity index (χ4n) is 3.29. The molecule has 4 heteroatoms. The molecule has 2 N–H and O–H groups in total. The second-order valence-corrected chi connectivity index (χ2v) is 6.77. The minimum absolute atomic E-state index is 0.291. The highest BCUT2D eigenvalue weighted by Gasteiger charge is 2.34. The van der Waals surface area contributed by atoms with Gasteiger partial charge in [0.1, 0.15) is 5.82 Å². The first kappa shape index (κ1) is 17.1. The van der Waals surface area contributed by atoms with Crippen molar-refractivity contribution in [2.45, 2.75) is 31.5 Å². The molecule has 1 fully saturated rings. The average Bonchev–Trinajstić information content (AvgIpc) is 2.58. The Morgan fingerprint density at radius 3 is 2.21 bits per heavy atom. The van der Waals surface area contributed by atoms with E-state index in [2.05, 4.69) is 4.90 Å². The van der Waals surface area contributed by atoms with E-state index in [-0.39, 0.29) is 5.82 Å². The second kappa shape index (κ2) is 7.01. The molecule has 1 saturated heterocycles. The molecule has 0 spiro atoms. The molecule has 1 aliphatic heterocycles. The molecular formula is C20H24FNO2. The monoisotopic (exact) mass is 329 g/mol. The van der Waals surface area contributed by atoms with E-state index in [1.54, 1.807) is 12.1 Å². The largest absolute Gasteiger partial charge is 0.387 e. The number of halogens is 1. The van der Waals surface area contributed by atoms with Gasteiger partial charge in [0.2, 0.25) is 0 Å². The summed E-state index contributed by atoms with van der Waals surface area (Å²) in [6, 6.07) is 14.0. The molecule has 0 saturated carbocycles. The smallest absolute Gasteiger partial charge is 0.123 e. The van der Waals surface area contributed by atoms with E-state index >= 15 is 0 Å². The van der Waals surface area contributed by atoms with Gasteiger partial charge in [-0.25, -0.2) is 4.39 Å². The van der Waals surface area contributed by atoms with Gasteiger partial charge in [-0.3, -0.25) is 0 Å². The average molecular weight is 329 g/mol. The zero-order chi connectivity index (χ0) is 17.2. The van der Waals surface area contributed by atoms with E-state index in [0.717, 1.165) is 11.1 Å². The molecule has 24 heavy (non-hydrogen) atoms. The van der Waals surface area contributed by atoms with Crippen LogP contribution in [0.2, 0.25) is 0 Å². The van der Waals surface area contributed by atoms with Crippen LogP contribution in [0.3, 0.4) is 0 Å². The Hall–Kier alpha value is -1.75. The van der Waals surface area contributed by atoms with Crippen LogP contribution < -0.4 is 0 Å². The fourth-order valence-corrected chi connectivity index (χ4v) is 3.29. The summed E-state index contributed by atoms with van der Waals surface area (Å²) >= 11 is 0. The molecule has 3 nitrogen and oxygen atoms in total. The lowest BCUT2D eigenvalue weighted by molar-refractivity contribution is -0.0345. The highest BCUT2D eigenvalue weighted by molar-refractivity contribution is 5.25. The second-order valence-electron chi connectivity index (χ2n) is 6.77. The Morgan fingerprint density at radius 2 is 1.62 bits per heavy atom. The van der Waals surface area contributed by atoms with Crippen molar-refractivity contribution in [1.82, 2.24) is 4.90 Å². The van der Waals surface area contributed by atoms with Crippen LogP contribution >= 0.6 is 0 Å². The zero-order valence-corrected chi connectivity index (χ0v) is 14.0. The third-order valence-electron chi connectivity index (χ3n) is 4.96. The summed E-state index contributed by atoms with van der Waals surface area (Å²) in [6.07, 6.45) is 0.640. The number of benzene rings is 2. The van der Waals surface area contributed by atoms with Crippen LogP contribution in [0.5, 0.6) is 0 Å². The minimum Gasteiger partial charge on any atom is -0.387 e. The number of β-amino-alcohol motifs (C(OH)–C–C–N with tert-alkyl or cyclic N) is 1. The van der Waals surface area contributed by atoms with Crippen molar-refractivity contribution < 1.29 is 14.6 Å². The van der Waals surface area contributed by atoms with Crippen molar-refractivity contribution in [3.8, 4) is 0 Å². The highest BCUT2D eigenvalue weighted by Crippen LogP contribution is 2.33. The zero-order valence-electron chi connectivity index (χ0n) is 14.0. The van der Waals surface area contributed by atoms with Crippen molar-refractivity contribution in [2.75, 3.05) is 19.6 Å². The first-order chi connectivity index (χ1) is 11.5. The maximum atomic E-state index is 13.1. The molecule has 3 rings (SSSR count). The topological polar surface area (TPSA) is 43.7 Å².